The Labute approximate surface area is 115 Å². The normalized spacial score (nSPS) is 13.2. The second-order valence-corrected chi connectivity index (χ2v) is 6.24. The van der Waals surface area contributed by atoms with Gasteiger partial charge in [-0.25, -0.2) is 8.42 Å². The van der Waals surface area contributed by atoms with E-state index >= 15 is 0 Å². The Morgan fingerprint density at radius 2 is 2.00 bits per heavy atom. The summed E-state index contributed by atoms with van der Waals surface area (Å²) in [6.07, 6.45) is 0. The molecule has 1 aromatic carbocycles. The molecule has 1 unspecified atom stereocenters. The molecule has 0 amide bonds. The Bertz CT molecular complexity index is 655. The van der Waals surface area contributed by atoms with Gasteiger partial charge in [-0.05, 0) is 26.0 Å². The molecular formula is C11H14N2O6S. The van der Waals surface area contributed by atoms with Crippen molar-refractivity contribution in [2.45, 2.75) is 24.8 Å². The van der Waals surface area contributed by atoms with Crippen molar-refractivity contribution in [2.75, 3.05) is 7.05 Å². The first-order valence-electron chi connectivity index (χ1n) is 5.55. The van der Waals surface area contributed by atoms with Crippen LogP contribution in [0.3, 0.4) is 0 Å². The van der Waals surface area contributed by atoms with Crippen LogP contribution in [-0.4, -0.2) is 41.8 Å². The van der Waals surface area contributed by atoms with Crippen molar-refractivity contribution < 1.29 is 23.2 Å². The number of aryl methyl sites for hydroxylation is 1. The minimum Gasteiger partial charge on any atom is -0.480 e. The van der Waals surface area contributed by atoms with Gasteiger partial charge < -0.3 is 5.11 Å². The van der Waals surface area contributed by atoms with Gasteiger partial charge in [0.05, 0.1) is 9.82 Å². The summed E-state index contributed by atoms with van der Waals surface area (Å²) in [6.45, 7) is 2.65. The number of sulfonamides is 1. The van der Waals surface area contributed by atoms with E-state index in [4.69, 9.17) is 5.11 Å². The fourth-order valence-corrected chi connectivity index (χ4v) is 2.93. The Kier molecular flexibility index (Phi) is 4.46. The van der Waals surface area contributed by atoms with Crippen LogP contribution in [0.25, 0.3) is 0 Å². The predicted molar refractivity (Wildman–Crippen MR) is 69.9 cm³/mol. The van der Waals surface area contributed by atoms with Crippen molar-refractivity contribution in [3.05, 3.63) is 33.9 Å². The van der Waals surface area contributed by atoms with E-state index in [9.17, 15) is 23.3 Å². The van der Waals surface area contributed by atoms with Crippen LogP contribution in [-0.2, 0) is 14.8 Å². The topological polar surface area (TPSA) is 118 Å². The molecule has 1 aromatic rings. The highest BCUT2D eigenvalue weighted by atomic mass is 32.2. The Balaban J connectivity index is 3.27. The molecule has 8 nitrogen and oxygen atoms in total. The minimum absolute atomic E-state index is 0.184. The van der Waals surface area contributed by atoms with Crippen LogP contribution in [0.4, 0.5) is 5.69 Å². The molecule has 110 valence electrons. The number of nitro benzene ring substituents is 1. The SMILES string of the molecule is Cc1cc(S(=O)(=O)N(C)C(C)C(=O)O)ccc1[N+](=O)[O-]. The van der Waals surface area contributed by atoms with E-state index in [0.717, 1.165) is 25.2 Å². The summed E-state index contributed by atoms with van der Waals surface area (Å²) in [6, 6.07) is 2.08. The van der Waals surface area contributed by atoms with Gasteiger partial charge in [-0.1, -0.05) is 0 Å². The van der Waals surface area contributed by atoms with E-state index in [-0.39, 0.29) is 16.1 Å². The second-order valence-electron chi connectivity index (χ2n) is 4.24. The third kappa shape index (κ3) is 2.94. The van der Waals surface area contributed by atoms with Crippen molar-refractivity contribution in [2.24, 2.45) is 0 Å². The maximum atomic E-state index is 12.2. The molecule has 0 aliphatic rings. The number of hydrogen-bond acceptors (Lipinski definition) is 5. The van der Waals surface area contributed by atoms with Gasteiger partial charge in [-0.2, -0.15) is 4.31 Å². The number of nitrogens with zero attached hydrogens (tertiary/aromatic N) is 2. The first-order chi connectivity index (χ1) is 9.09. The van der Waals surface area contributed by atoms with Crippen LogP contribution in [0.5, 0.6) is 0 Å². The number of likely N-dealkylation sites (N-methyl/N-ethyl adjacent to an activating group) is 1. The van der Waals surface area contributed by atoms with E-state index in [2.05, 4.69) is 0 Å². The van der Waals surface area contributed by atoms with Crippen LogP contribution < -0.4 is 0 Å². The number of nitro groups is 1. The zero-order chi connectivity index (χ0) is 15.7. The van der Waals surface area contributed by atoms with Crippen LogP contribution in [0.2, 0.25) is 0 Å². The van der Waals surface area contributed by atoms with Crippen molar-refractivity contribution in [3.63, 3.8) is 0 Å². The Morgan fingerprint density at radius 1 is 1.45 bits per heavy atom. The zero-order valence-electron chi connectivity index (χ0n) is 11.1. The molecule has 1 atom stereocenters. The number of benzene rings is 1. The molecule has 0 aliphatic heterocycles. The summed E-state index contributed by atoms with van der Waals surface area (Å²) < 4.78 is 25.1. The highest BCUT2D eigenvalue weighted by molar-refractivity contribution is 7.89. The number of aliphatic carboxylic acids is 1. The molecule has 0 radical (unpaired) electrons. The van der Waals surface area contributed by atoms with E-state index in [0.29, 0.717) is 4.31 Å². The lowest BCUT2D eigenvalue weighted by Crippen LogP contribution is -2.40. The number of hydrogen-bond donors (Lipinski definition) is 1. The maximum Gasteiger partial charge on any atom is 0.321 e. The molecule has 0 heterocycles. The quantitative estimate of drug-likeness (QED) is 0.640. The highest BCUT2D eigenvalue weighted by Gasteiger charge is 2.30. The monoisotopic (exact) mass is 302 g/mol. The summed E-state index contributed by atoms with van der Waals surface area (Å²) in [5.41, 5.74) is -0.00895. The fourth-order valence-electron chi connectivity index (χ4n) is 1.52. The molecule has 0 spiro atoms. The zero-order valence-corrected chi connectivity index (χ0v) is 11.9. The van der Waals surface area contributed by atoms with E-state index < -0.39 is 27.0 Å². The number of carboxylic acids is 1. The minimum atomic E-state index is -4.02. The largest absolute Gasteiger partial charge is 0.480 e. The summed E-state index contributed by atoms with van der Waals surface area (Å²) in [5.74, 6) is -1.28. The maximum absolute atomic E-state index is 12.2. The molecule has 0 aliphatic carbocycles. The fraction of sp³-hybridized carbons (Fsp3) is 0.364. The molecule has 20 heavy (non-hydrogen) atoms. The average molecular weight is 302 g/mol. The number of carboxylic acid groups (broad SMARTS) is 1. The van der Waals surface area contributed by atoms with Gasteiger partial charge in [0.1, 0.15) is 6.04 Å². The van der Waals surface area contributed by atoms with Crippen molar-refractivity contribution >= 4 is 21.7 Å². The van der Waals surface area contributed by atoms with Crippen molar-refractivity contribution in [3.8, 4) is 0 Å². The van der Waals surface area contributed by atoms with Gasteiger partial charge in [0.15, 0.2) is 0 Å². The van der Waals surface area contributed by atoms with Gasteiger partial charge in [0.2, 0.25) is 10.0 Å². The average Bonchev–Trinajstić information content (AvgIpc) is 2.36. The van der Waals surface area contributed by atoms with Gasteiger partial charge in [0.25, 0.3) is 5.69 Å². The molecule has 9 heteroatoms. The first-order valence-corrected chi connectivity index (χ1v) is 6.99. The molecule has 1 N–H and O–H groups in total. The summed E-state index contributed by atoms with van der Waals surface area (Å²) in [4.78, 5) is 20.7. The van der Waals surface area contributed by atoms with Crippen molar-refractivity contribution in [1.29, 1.82) is 0 Å². The molecule has 0 bridgehead atoms. The van der Waals surface area contributed by atoms with E-state index in [1.807, 2.05) is 0 Å². The summed E-state index contributed by atoms with van der Waals surface area (Å²) in [5, 5.41) is 19.5. The molecule has 1 rings (SSSR count). The van der Waals surface area contributed by atoms with Gasteiger partial charge in [-0.3, -0.25) is 14.9 Å². The van der Waals surface area contributed by atoms with Crippen LogP contribution >= 0.6 is 0 Å². The van der Waals surface area contributed by atoms with Crippen molar-refractivity contribution in [1.82, 2.24) is 4.31 Å². The predicted octanol–water partition coefficient (Wildman–Crippen LogP) is 0.997. The van der Waals surface area contributed by atoms with E-state index in [1.165, 1.54) is 13.8 Å². The van der Waals surface area contributed by atoms with E-state index in [1.54, 1.807) is 0 Å². The van der Waals surface area contributed by atoms with Gasteiger partial charge >= 0.3 is 5.97 Å². The standard InChI is InChI=1S/C11H14N2O6S/c1-7-6-9(4-5-10(7)13(16)17)20(18,19)12(3)8(2)11(14)15/h4-6,8H,1-3H3,(H,14,15). The molecule has 0 saturated carbocycles. The van der Waals surface area contributed by atoms with Crippen LogP contribution in [0, 0.1) is 17.0 Å². The Hall–Kier alpha value is -2.00. The van der Waals surface area contributed by atoms with Gasteiger partial charge in [-0.15, -0.1) is 0 Å². The number of carbonyl (C=O) groups is 1. The summed E-state index contributed by atoms with van der Waals surface area (Å²) in [7, 11) is -2.87. The third-order valence-electron chi connectivity index (χ3n) is 2.94. The molecular weight excluding hydrogens is 288 g/mol. The van der Waals surface area contributed by atoms with Crippen LogP contribution in [0.1, 0.15) is 12.5 Å². The lowest BCUT2D eigenvalue weighted by Gasteiger charge is -2.21. The smallest absolute Gasteiger partial charge is 0.321 e. The van der Waals surface area contributed by atoms with Gasteiger partial charge in [0, 0.05) is 18.7 Å². The molecule has 0 aromatic heterocycles. The highest BCUT2D eigenvalue weighted by Crippen LogP contribution is 2.24. The Morgan fingerprint density at radius 3 is 2.40 bits per heavy atom. The molecule has 0 fully saturated rings. The second kappa shape index (κ2) is 5.55. The lowest BCUT2D eigenvalue weighted by molar-refractivity contribution is -0.385. The van der Waals surface area contributed by atoms with Crippen LogP contribution in [0.15, 0.2) is 23.1 Å². The lowest BCUT2D eigenvalue weighted by atomic mass is 10.2. The third-order valence-corrected chi connectivity index (χ3v) is 4.87. The number of rotatable bonds is 5. The summed E-state index contributed by atoms with van der Waals surface area (Å²) >= 11 is 0. The molecule has 0 saturated heterocycles. The first kappa shape index (κ1) is 16.1.